The van der Waals surface area contributed by atoms with Gasteiger partial charge in [0.25, 0.3) is 0 Å². The van der Waals surface area contributed by atoms with Gasteiger partial charge in [0.15, 0.2) is 0 Å². The molecule has 0 unspecified atom stereocenters. The van der Waals surface area contributed by atoms with E-state index in [2.05, 4.69) is 26.4 Å². The molecule has 1 aliphatic rings. The SMILES string of the molecule is COc1c(C)cc(S(=O)(=O)NCC2CCN(Cc3ccsc3)CC2)cc1C. The molecule has 0 saturated carbocycles. The van der Waals surface area contributed by atoms with Gasteiger partial charge in [-0.05, 0) is 91.3 Å². The lowest BCUT2D eigenvalue weighted by molar-refractivity contribution is 0.179. The zero-order valence-electron chi connectivity index (χ0n) is 16.2. The zero-order valence-corrected chi connectivity index (χ0v) is 17.8. The first-order valence-corrected chi connectivity index (χ1v) is 11.7. The normalized spacial score (nSPS) is 16.6. The Hall–Kier alpha value is -1.41. The molecule has 2 heterocycles. The number of ether oxygens (including phenoxy) is 1. The summed E-state index contributed by atoms with van der Waals surface area (Å²) >= 11 is 1.73. The largest absolute Gasteiger partial charge is 0.496 e. The summed E-state index contributed by atoms with van der Waals surface area (Å²) in [6, 6.07) is 5.53. The number of nitrogens with one attached hydrogen (secondary N) is 1. The summed E-state index contributed by atoms with van der Waals surface area (Å²) in [5.74, 6) is 1.13. The molecule has 0 bridgehead atoms. The van der Waals surface area contributed by atoms with Crippen LogP contribution in [0.5, 0.6) is 5.75 Å². The smallest absolute Gasteiger partial charge is 0.240 e. The molecule has 148 valence electrons. The first-order chi connectivity index (χ1) is 12.9. The Balaban J connectivity index is 1.54. The third-order valence-corrected chi connectivity index (χ3v) is 7.34. The topological polar surface area (TPSA) is 58.6 Å². The van der Waals surface area contributed by atoms with Crippen LogP contribution in [0.15, 0.2) is 33.9 Å². The van der Waals surface area contributed by atoms with Gasteiger partial charge in [0, 0.05) is 13.1 Å². The van der Waals surface area contributed by atoms with Crippen molar-refractivity contribution >= 4 is 21.4 Å². The molecule has 1 aromatic heterocycles. The fourth-order valence-corrected chi connectivity index (χ4v) is 5.63. The van der Waals surface area contributed by atoms with Crippen LogP contribution in [0.4, 0.5) is 0 Å². The van der Waals surface area contributed by atoms with Gasteiger partial charge in [-0.1, -0.05) is 0 Å². The molecule has 1 N–H and O–H groups in total. The molecule has 1 fully saturated rings. The van der Waals surface area contributed by atoms with Gasteiger partial charge in [-0.15, -0.1) is 0 Å². The predicted molar refractivity (Wildman–Crippen MR) is 110 cm³/mol. The number of aryl methyl sites for hydroxylation is 2. The minimum atomic E-state index is -3.50. The highest BCUT2D eigenvalue weighted by molar-refractivity contribution is 7.89. The molecule has 0 spiro atoms. The Morgan fingerprint density at radius 3 is 2.44 bits per heavy atom. The fourth-order valence-electron chi connectivity index (χ4n) is 3.69. The van der Waals surface area contributed by atoms with E-state index < -0.39 is 10.0 Å². The Morgan fingerprint density at radius 1 is 1.22 bits per heavy atom. The van der Waals surface area contributed by atoms with Crippen LogP contribution < -0.4 is 9.46 Å². The molecule has 0 aliphatic carbocycles. The van der Waals surface area contributed by atoms with Crippen molar-refractivity contribution in [3.05, 3.63) is 45.6 Å². The number of benzene rings is 1. The minimum absolute atomic E-state index is 0.313. The van der Waals surface area contributed by atoms with Crippen LogP contribution in [0.1, 0.15) is 29.5 Å². The molecule has 3 rings (SSSR count). The average Bonchev–Trinajstić information content (AvgIpc) is 3.14. The van der Waals surface area contributed by atoms with E-state index in [1.807, 2.05) is 13.8 Å². The first-order valence-electron chi connectivity index (χ1n) is 9.27. The molecular formula is C20H28N2O3S2. The van der Waals surface area contributed by atoms with Crippen LogP contribution in [0.3, 0.4) is 0 Å². The zero-order chi connectivity index (χ0) is 19.4. The number of nitrogens with zero attached hydrogens (tertiary/aromatic N) is 1. The second kappa shape index (κ2) is 8.73. The molecule has 1 aliphatic heterocycles. The highest BCUT2D eigenvalue weighted by Gasteiger charge is 2.23. The molecule has 2 aromatic rings. The molecular weight excluding hydrogens is 380 g/mol. The highest BCUT2D eigenvalue weighted by Crippen LogP contribution is 2.27. The van der Waals surface area contributed by atoms with Crippen molar-refractivity contribution < 1.29 is 13.2 Å². The standard InChI is InChI=1S/C20H28N2O3S2/c1-15-10-19(11-16(2)20(15)25-3)27(23,24)21-12-17-4-7-22(8-5-17)13-18-6-9-26-14-18/h6,9-11,14,17,21H,4-5,7-8,12-13H2,1-3H3. The van der Waals surface area contributed by atoms with Gasteiger partial charge >= 0.3 is 0 Å². The van der Waals surface area contributed by atoms with Crippen molar-refractivity contribution in [2.24, 2.45) is 5.92 Å². The molecule has 5 nitrogen and oxygen atoms in total. The number of rotatable bonds is 7. The summed E-state index contributed by atoms with van der Waals surface area (Å²) in [5.41, 5.74) is 3.03. The van der Waals surface area contributed by atoms with Crippen LogP contribution in [-0.4, -0.2) is 40.1 Å². The Labute approximate surface area is 166 Å². The van der Waals surface area contributed by atoms with Crippen molar-refractivity contribution in [1.29, 1.82) is 0 Å². The van der Waals surface area contributed by atoms with Gasteiger partial charge in [0.05, 0.1) is 12.0 Å². The first kappa shape index (κ1) is 20.3. The van der Waals surface area contributed by atoms with Crippen LogP contribution in [-0.2, 0) is 16.6 Å². The summed E-state index contributed by atoms with van der Waals surface area (Å²) in [4.78, 5) is 2.76. The van der Waals surface area contributed by atoms with Crippen LogP contribution in [0.25, 0.3) is 0 Å². The number of hydrogen-bond acceptors (Lipinski definition) is 5. The summed E-state index contributed by atoms with van der Waals surface area (Å²) in [5, 5.41) is 4.30. The van der Waals surface area contributed by atoms with Crippen molar-refractivity contribution in [2.75, 3.05) is 26.7 Å². The van der Waals surface area contributed by atoms with Gasteiger partial charge in [0.2, 0.25) is 10.0 Å². The lowest BCUT2D eigenvalue weighted by Crippen LogP contribution is -2.38. The minimum Gasteiger partial charge on any atom is -0.496 e. The van der Waals surface area contributed by atoms with E-state index in [1.54, 1.807) is 30.6 Å². The maximum atomic E-state index is 12.7. The van der Waals surface area contributed by atoms with Gasteiger partial charge in [-0.2, -0.15) is 11.3 Å². The third kappa shape index (κ3) is 5.10. The molecule has 0 atom stereocenters. The van der Waals surface area contributed by atoms with Crippen molar-refractivity contribution in [3.63, 3.8) is 0 Å². The second-order valence-electron chi connectivity index (χ2n) is 7.29. The quantitative estimate of drug-likeness (QED) is 0.761. The molecule has 27 heavy (non-hydrogen) atoms. The molecule has 7 heteroatoms. The molecule has 1 aromatic carbocycles. The Bertz CT molecular complexity index is 832. The summed E-state index contributed by atoms with van der Waals surface area (Å²) in [6.07, 6.45) is 2.04. The van der Waals surface area contributed by atoms with E-state index in [1.165, 1.54) is 5.56 Å². The van der Waals surface area contributed by atoms with Crippen molar-refractivity contribution in [3.8, 4) is 5.75 Å². The van der Waals surface area contributed by atoms with Gasteiger partial charge < -0.3 is 4.74 Å². The van der Waals surface area contributed by atoms with E-state index in [9.17, 15) is 8.42 Å². The van der Waals surface area contributed by atoms with Gasteiger partial charge in [-0.25, -0.2) is 13.1 Å². The third-order valence-electron chi connectivity index (χ3n) is 5.20. The second-order valence-corrected chi connectivity index (χ2v) is 9.84. The number of sulfonamides is 1. The Morgan fingerprint density at radius 2 is 1.89 bits per heavy atom. The maximum Gasteiger partial charge on any atom is 0.240 e. The number of piperidine rings is 1. The number of thiophene rings is 1. The summed E-state index contributed by atoms with van der Waals surface area (Å²) < 4.78 is 33.5. The van der Waals surface area contributed by atoms with E-state index in [0.717, 1.165) is 49.4 Å². The predicted octanol–water partition coefficient (Wildman–Crippen LogP) is 3.56. The van der Waals surface area contributed by atoms with Crippen molar-refractivity contribution in [2.45, 2.75) is 38.1 Å². The van der Waals surface area contributed by atoms with E-state index >= 15 is 0 Å². The summed E-state index contributed by atoms with van der Waals surface area (Å²) in [7, 11) is -1.90. The number of methoxy groups -OCH3 is 1. The van der Waals surface area contributed by atoms with Crippen LogP contribution >= 0.6 is 11.3 Å². The van der Waals surface area contributed by atoms with Crippen molar-refractivity contribution in [1.82, 2.24) is 9.62 Å². The maximum absolute atomic E-state index is 12.7. The average molecular weight is 409 g/mol. The van der Waals surface area contributed by atoms with E-state index in [4.69, 9.17) is 4.74 Å². The fraction of sp³-hybridized carbons (Fsp3) is 0.500. The Kier molecular flexibility index (Phi) is 6.57. The van der Waals surface area contributed by atoms with Gasteiger partial charge in [0.1, 0.15) is 5.75 Å². The number of likely N-dealkylation sites (tertiary alicyclic amines) is 1. The molecule has 0 radical (unpaired) electrons. The van der Waals surface area contributed by atoms with Gasteiger partial charge in [-0.3, -0.25) is 4.90 Å². The monoisotopic (exact) mass is 408 g/mol. The van der Waals surface area contributed by atoms with E-state index in [0.29, 0.717) is 17.4 Å². The van der Waals surface area contributed by atoms with Crippen LogP contribution in [0, 0.1) is 19.8 Å². The van der Waals surface area contributed by atoms with E-state index in [-0.39, 0.29) is 0 Å². The lowest BCUT2D eigenvalue weighted by Gasteiger charge is -2.31. The molecule has 1 saturated heterocycles. The summed E-state index contributed by atoms with van der Waals surface area (Å²) in [6.45, 7) is 7.26. The number of hydrogen-bond donors (Lipinski definition) is 1. The highest BCUT2D eigenvalue weighted by atomic mass is 32.2. The van der Waals surface area contributed by atoms with Crippen LogP contribution in [0.2, 0.25) is 0 Å². The lowest BCUT2D eigenvalue weighted by atomic mass is 9.97. The molecule has 0 amide bonds.